The largest absolute Gasteiger partial charge is 0.350 e. The number of benzene rings is 2. The molecule has 0 aliphatic carbocycles. The van der Waals surface area contributed by atoms with Crippen LogP contribution in [0.25, 0.3) is 0 Å². The third-order valence-electron chi connectivity index (χ3n) is 4.08. The van der Waals surface area contributed by atoms with Gasteiger partial charge >= 0.3 is 0 Å². The lowest BCUT2D eigenvalue weighted by atomic mass is 10.1. The third kappa shape index (κ3) is 6.38. The topological polar surface area (TPSA) is 101 Å². The molecule has 1 unspecified atom stereocenters. The van der Waals surface area contributed by atoms with Crippen molar-refractivity contribution in [3.63, 3.8) is 0 Å². The second kappa shape index (κ2) is 10.5. The number of anilines is 1. The number of para-hydroxylation sites is 1. The molecule has 7 nitrogen and oxygen atoms in total. The van der Waals surface area contributed by atoms with E-state index in [0.29, 0.717) is 17.0 Å². The van der Waals surface area contributed by atoms with Gasteiger partial charge in [-0.05, 0) is 31.0 Å². The average molecular weight is 401 g/mol. The van der Waals surface area contributed by atoms with Crippen molar-refractivity contribution < 1.29 is 14.5 Å². The highest BCUT2D eigenvalue weighted by atomic mass is 32.2. The van der Waals surface area contributed by atoms with Gasteiger partial charge in [0.15, 0.2) is 0 Å². The molecular formula is C20H23N3O4S. The summed E-state index contributed by atoms with van der Waals surface area (Å²) in [5.41, 5.74) is 1.84. The normalized spacial score (nSPS) is 11.5. The Balaban J connectivity index is 1.89. The van der Waals surface area contributed by atoms with Crippen LogP contribution in [0.3, 0.4) is 0 Å². The Morgan fingerprint density at radius 2 is 1.82 bits per heavy atom. The monoisotopic (exact) mass is 401 g/mol. The maximum absolute atomic E-state index is 12.4. The van der Waals surface area contributed by atoms with Gasteiger partial charge in [-0.25, -0.2) is 0 Å². The fourth-order valence-electron chi connectivity index (χ4n) is 2.36. The van der Waals surface area contributed by atoms with E-state index in [0.717, 1.165) is 12.0 Å². The SMILES string of the molecule is CCC(C)NC(=O)c1ccccc1NC(=O)CSCc1ccc([N+](=O)[O-])cc1. The number of nitrogens with one attached hydrogen (secondary N) is 2. The first-order chi connectivity index (χ1) is 13.4. The third-order valence-corrected chi connectivity index (χ3v) is 5.09. The Morgan fingerprint density at radius 1 is 1.14 bits per heavy atom. The molecule has 0 saturated heterocycles. The van der Waals surface area contributed by atoms with Gasteiger partial charge in [-0.15, -0.1) is 11.8 Å². The summed E-state index contributed by atoms with van der Waals surface area (Å²) in [7, 11) is 0. The number of nitro groups is 1. The van der Waals surface area contributed by atoms with Crippen LogP contribution in [-0.2, 0) is 10.5 Å². The highest BCUT2D eigenvalue weighted by molar-refractivity contribution is 7.99. The number of carbonyl (C=O) groups is 2. The van der Waals surface area contributed by atoms with Gasteiger partial charge < -0.3 is 10.6 Å². The van der Waals surface area contributed by atoms with E-state index in [1.165, 1.54) is 23.9 Å². The van der Waals surface area contributed by atoms with Crippen LogP contribution >= 0.6 is 11.8 Å². The molecule has 2 aromatic rings. The van der Waals surface area contributed by atoms with Crippen LogP contribution < -0.4 is 10.6 Å². The number of hydrogen-bond acceptors (Lipinski definition) is 5. The molecule has 0 aliphatic rings. The molecule has 2 amide bonds. The van der Waals surface area contributed by atoms with Gasteiger partial charge in [-0.1, -0.05) is 31.2 Å². The molecule has 0 spiro atoms. The van der Waals surface area contributed by atoms with Gasteiger partial charge in [-0.2, -0.15) is 0 Å². The van der Waals surface area contributed by atoms with Gasteiger partial charge in [0.25, 0.3) is 11.6 Å². The van der Waals surface area contributed by atoms with Crippen molar-refractivity contribution in [1.82, 2.24) is 5.32 Å². The second-order valence-electron chi connectivity index (χ2n) is 6.29. The number of non-ortho nitro benzene ring substituents is 1. The predicted octanol–water partition coefficient (Wildman–Crippen LogP) is 4.00. The molecule has 2 rings (SSSR count). The molecule has 2 aromatic carbocycles. The van der Waals surface area contributed by atoms with E-state index in [1.807, 2.05) is 13.8 Å². The van der Waals surface area contributed by atoms with Gasteiger partial charge in [-0.3, -0.25) is 19.7 Å². The first-order valence-corrected chi connectivity index (χ1v) is 10.1. The maximum atomic E-state index is 12.4. The quantitative estimate of drug-likeness (QED) is 0.489. The summed E-state index contributed by atoms with van der Waals surface area (Å²) in [5.74, 6) is 0.333. The van der Waals surface area contributed by atoms with E-state index in [1.54, 1.807) is 36.4 Å². The molecule has 0 bridgehead atoms. The summed E-state index contributed by atoms with van der Waals surface area (Å²) in [4.78, 5) is 34.8. The minimum Gasteiger partial charge on any atom is -0.350 e. The standard InChI is InChI=1S/C20H23N3O4S/c1-3-14(2)21-20(25)17-6-4-5-7-18(17)22-19(24)13-28-12-15-8-10-16(11-9-15)23(26)27/h4-11,14H,3,12-13H2,1-2H3,(H,21,25)(H,22,24). The molecular weight excluding hydrogens is 378 g/mol. The number of amides is 2. The molecule has 0 radical (unpaired) electrons. The molecule has 148 valence electrons. The second-order valence-corrected chi connectivity index (χ2v) is 7.28. The first kappa shape index (κ1) is 21.4. The molecule has 2 N–H and O–H groups in total. The summed E-state index contributed by atoms with van der Waals surface area (Å²) in [6.45, 7) is 3.91. The number of carbonyl (C=O) groups excluding carboxylic acids is 2. The molecule has 0 fully saturated rings. The van der Waals surface area contributed by atoms with Crippen molar-refractivity contribution in [3.8, 4) is 0 Å². The van der Waals surface area contributed by atoms with Gasteiger partial charge in [0.1, 0.15) is 0 Å². The number of nitrogens with zero attached hydrogens (tertiary/aromatic N) is 1. The van der Waals surface area contributed by atoms with E-state index in [4.69, 9.17) is 0 Å². The Hall–Kier alpha value is -2.87. The van der Waals surface area contributed by atoms with Crippen molar-refractivity contribution in [2.24, 2.45) is 0 Å². The van der Waals surface area contributed by atoms with Crippen molar-refractivity contribution >= 4 is 35.0 Å². The average Bonchev–Trinajstić information content (AvgIpc) is 2.68. The van der Waals surface area contributed by atoms with Crippen molar-refractivity contribution in [2.75, 3.05) is 11.1 Å². The lowest BCUT2D eigenvalue weighted by Crippen LogP contribution is -2.32. The smallest absolute Gasteiger partial charge is 0.269 e. The Kier molecular flexibility index (Phi) is 8.01. The minimum atomic E-state index is -0.445. The van der Waals surface area contributed by atoms with Crippen molar-refractivity contribution in [3.05, 3.63) is 69.8 Å². The van der Waals surface area contributed by atoms with Crippen LogP contribution in [0.5, 0.6) is 0 Å². The van der Waals surface area contributed by atoms with Crippen molar-refractivity contribution in [1.29, 1.82) is 0 Å². The lowest BCUT2D eigenvalue weighted by molar-refractivity contribution is -0.384. The Bertz CT molecular complexity index is 840. The van der Waals surface area contributed by atoms with E-state index < -0.39 is 4.92 Å². The van der Waals surface area contributed by atoms with Crippen LogP contribution in [0.15, 0.2) is 48.5 Å². The van der Waals surface area contributed by atoms with Crippen LogP contribution in [0.4, 0.5) is 11.4 Å². The number of hydrogen-bond donors (Lipinski definition) is 2. The van der Waals surface area contributed by atoms with Crippen LogP contribution in [0.1, 0.15) is 36.2 Å². The molecule has 1 atom stereocenters. The summed E-state index contributed by atoms with van der Waals surface area (Å²) >= 11 is 1.39. The molecule has 0 saturated carbocycles. The molecule has 28 heavy (non-hydrogen) atoms. The number of thioether (sulfide) groups is 1. The van der Waals surface area contributed by atoms with Gasteiger partial charge in [0, 0.05) is 23.9 Å². The zero-order valence-electron chi connectivity index (χ0n) is 15.8. The predicted molar refractivity (Wildman–Crippen MR) is 112 cm³/mol. The maximum Gasteiger partial charge on any atom is 0.269 e. The summed E-state index contributed by atoms with van der Waals surface area (Å²) in [6.07, 6.45) is 0.819. The van der Waals surface area contributed by atoms with E-state index >= 15 is 0 Å². The van der Waals surface area contributed by atoms with E-state index in [2.05, 4.69) is 10.6 Å². The first-order valence-electron chi connectivity index (χ1n) is 8.91. The molecule has 8 heteroatoms. The summed E-state index contributed by atoms with van der Waals surface area (Å²) in [5, 5.41) is 16.3. The fourth-order valence-corrected chi connectivity index (χ4v) is 3.14. The van der Waals surface area contributed by atoms with E-state index in [-0.39, 0.29) is 29.3 Å². The van der Waals surface area contributed by atoms with Crippen LogP contribution in [0.2, 0.25) is 0 Å². The van der Waals surface area contributed by atoms with Crippen molar-refractivity contribution in [2.45, 2.75) is 32.1 Å². The number of nitro benzene ring substituents is 1. The number of rotatable bonds is 9. The Labute approximate surface area is 168 Å². The highest BCUT2D eigenvalue weighted by Gasteiger charge is 2.14. The van der Waals surface area contributed by atoms with Gasteiger partial charge in [0.05, 0.1) is 21.9 Å². The molecule has 0 heterocycles. The lowest BCUT2D eigenvalue weighted by Gasteiger charge is -2.14. The minimum absolute atomic E-state index is 0.0405. The van der Waals surface area contributed by atoms with Crippen LogP contribution in [-0.4, -0.2) is 28.5 Å². The Morgan fingerprint density at radius 3 is 2.46 bits per heavy atom. The highest BCUT2D eigenvalue weighted by Crippen LogP contribution is 2.19. The summed E-state index contributed by atoms with van der Waals surface area (Å²) < 4.78 is 0. The zero-order chi connectivity index (χ0) is 20.5. The van der Waals surface area contributed by atoms with Gasteiger partial charge in [0.2, 0.25) is 5.91 Å². The molecule has 0 aromatic heterocycles. The zero-order valence-corrected chi connectivity index (χ0v) is 16.6. The van der Waals surface area contributed by atoms with Crippen LogP contribution in [0, 0.1) is 10.1 Å². The van der Waals surface area contributed by atoms with E-state index in [9.17, 15) is 19.7 Å². The summed E-state index contributed by atoms with van der Waals surface area (Å²) in [6, 6.07) is 13.2. The fraction of sp³-hybridized carbons (Fsp3) is 0.300. The molecule has 0 aliphatic heterocycles.